The molecule has 1 aromatic rings. The van der Waals surface area contributed by atoms with Crippen molar-refractivity contribution in [3.05, 3.63) is 34.9 Å². The van der Waals surface area contributed by atoms with Crippen LogP contribution in [0.25, 0.3) is 0 Å². The Balaban J connectivity index is 2.68. The summed E-state index contributed by atoms with van der Waals surface area (Å²) in [5.41, 5.74) is 0.668. The summed E-state index contributed by atoms with van der Waals surface area (Å²) in [6, 6.07) is 5.34. The van der Waals surface area contributed by atoms with E-state index in [2.05, 4.69) is 16.0 Å². The van der Waals surface area contributed by atoms with Crippen molar-refractivity contribution in [1.82, 2.24) is 16.0 Å². The van der Waals surface area contributed by atoms with Crippen molar-refractivity contribution in [1.29, 1.82) is 0 Å². The van der Waals surface area contributed by atoms with Crippen LogP contribution in [0.5, 0.6) is 0 Å². The molecule has 0 aliphatic rings. The van der Waals surface area contributed by atoms with Gasteiger partial charge >= 0.3 is 12.0 Å². The van der Waals surface area contributed by atoms with Crippen molar-refractivity contribution < 1.29 is 23.9 Å². The highest BCUT2D eigenvalue weighted by atomic mass is 35.5. The molecule has 9 heteroatoms. The number of carbonyl (C=O) groups excluding carboxylic acids is 4. The lowest BCUT2D eigenvalue weighted by Gasteiger charge is -2.19. The first-order chi connectivity index (χ1) is 12.2. The SMILES string of the molecule is CCNC(=O)NC(=O)C(C)OC(=O)CC(NC(C)=O)c1ccc(Cl)cc1. The van der Waals surface area contributed by atoms with E-state index in [0.717, 1.165) is 0 Å². The van der Waals surface area contributed by atoms with Crippen LogP contribution in [0.15, 0.2) is 24.3 Å². The second-order valence-corrected chi connectivity index (χ2v) is 5.93. The molecule has 0 bridgehead atoms. The fraction of sp³-hybridized carbons (Fsp3) is 0.412. The highest BCUT2D eigenvalue weighted by molar-refractivity contribution is 6.30. The minimum atomic E-state index is -1.16. The van der Waals surface area contributed by atoms with Gasteiger partial charge < -0.3 is 15.4 Å². The Bertz CT molecular complexity index is 663. The van der Waals surface area contributed by atoms with Gasteiger partial charge in [-0.1, -0.05) is 23.7 Å². The molecule has 4 amide bonds. The standard InChI is InChI=1S/C17H22ClN3O5/c1-4-19-17(25)21-16(24)10(2)26-15(23)9-14(20-11(3)22)12-5-7-13(18)8-6-12/h5-8,10,14H,4,9H2,1-3H3,(H,20,22)(H2,19,21,24,25). The molecule has 0 aliphatic heterocycles. The van der Waals surface area contributed by atoms with Gasteiger partial charge in [-0.2, -0.15) is 0 Å². The van der Waals surface area contributed by atoms with Gasteiger partial charge in [0.25, 0.3) is 5.91 Å². The molecular weight excluding hydrogens is 362 g/mol. The number of amides is 4. The zero-order valence-corrected chi connectivity index (χ0v) is 15.6. The first-order valence-corrected chi connectivity index (χ1v) is 8.41. The van der Waals surface area contributed by atoms with Gasteiger partial charge in [-0.3, -0.25) is 19.7 Å². The maximum absolute atomic E-state index is 12.1. The van der Waals surface area contributed by atoms with E-state index in [1.54, 1.807) is 31.2 Å². The zero-order valence-electron chi connectivity index (χ0n) is 14.8. The molecule has 0 fully saturated rings. The fourth-order valence-electron chi connectivity index (χ4n) is 2.08. The smallest absolute Gasteiger partial charge is 0.321 e. The quantitative estimate of drug-likeness (QED) is 0.620. The van der Waals surface area contributed by atoms with E-state index < -0.39 is 30.1 Å². The van der Waals surface area contributed by atoms with Gasteiger partial charge in [0.05, 0.1) is 12.5 Å². The van der Waals surface area contributed by atoms with Crippen LogP contribution in [0.3, 0.4) is 0 Å². The molecule has 1 aromatic carbocycles. The lowest BCUT2D eigenvalue weighted by atomic mass is 10.0. The number of hydrogen-bond donors (Lipinski definition) is 3. The maximum Gasteiger partial charge on any atom is 0.321 e. The number of esters is 1. The summed E-state index contributed by atoms with van der Waals surface area (Å²) in [5.74, 6) is -1.76. The fourth-order valence-corrected chi connectivity index (χ4v) is 2.20. The minimum Gasteiger partial charge on any atom is -0.452 e. The predicted octanol–water partition coefficient (Wildman–Crippen LogP) is 1.68. The molecular formula is C17H22ClN3O5. The summed E-state index contributed by atoms with van der Waals surface area (Å²) in [7, 11) is 0. The van der Waals surface area contributed by atoms with Crippen LogP contribution in [0, 0.1) is 0 Å². The number of benzene rings is 1. The second kappa shape index (κ2) is 10.4. The molecule has 0 saturated carbocycles. The lowest BCUT2D eigenvalue weighted by Crippen LogP contribution is -2.44. The van der Waals surface area contributed by atoms with Crippen molar-refractivity contribution in [2.75, 3.05) is 6.54 Å². The van der Waals surface area contributed by atoms with Crippen LogP contribution in [-0.2, 0) is 19.1 Å². The van der Waals surface area contributed by atoms with Crippen molar-refractivity contribution >= 4 is 35.4 Å². The molecule has 0 spiro atoms. The molecule has 0 aromatic heterocycles. The Hall–Kier alpha value is -2.61. The van der Waals surface area contributed by atoms with E-state index in [-0.39, 0.29) is 12.3 Å². The Morgan fingerprint density at radius 1 is 1.15 bits per heavy atom. The van der Waals surface area contributed by atoms with E-state index in [1.807, 2.05) is 0 Å². The van der Waals surface area contributed by atoms with Crippen molar-refractivity contribution in [3.63, 3.8) is 0 Å². The Kier molecular flexibility index (Phi) is 8.57. The molecule has 8 nitrogen and oxygen atoms in total. The number of carbonyl (C=O) groups is 4. The van der Waals surface area contributed by atoms with E-state index in [1.165, 1.54) is 13.8 Å². The summed E-state index contributed by atoms with van der Waals surface area (Å²) >= 11 is 5.84. The Morgan fingerprint density at radius 3 is 2.31 bits per heavy atom. The maximum atomic E-state index is 12.1. The van der Waals surface area contributed by atoms with E-state index in [0.29, 0.717) is 17.1 Å². The van der Waals surface area contributed by atoms with Crippen molar-refractivity contribution in [2.45, 2.75) is 39.3 Å². The van der Waals surface area contributed by atoms with Crippen LogP contribution in [0.2, 0.25) is 5.02 Å². The lowest BCUT2D eigenvalue weighted by molar-refractivity contribution is -0.155. The zero-order chi connectivity index (χ0) is 19.7. The summed E-state index contributed by atoms with van der Waals surface area (Å²) in [5, 5.41) is 7.63. The third-order valence-electron chi connectivity index (χ3n) is 3.27. The van der Waals surface area contributed by atoms with Crippen LogP contribution >= 0.6 is 11.6 Å². The van der Waals surface area contributed by atoms with Crippen molar-refractivity contribution in [3.8, 4) is 0 Å². The van der Waals surface area contributed by atoms with Crippen LogP contribution in [0.4, 0.5) is 4.79 Å². The van der Waals surface area contributed by atoms with Gasteiger partial charge in [0.15, 0.2) is 6.10 Å². The van der Waals surface area contributed by atoms with E-state index >= 15 is 0 Å². The third-order valence-corrected chi connectivity index (χ3v) is 3.52. The first-order valence-electron chi connectivity index (χ1n) is 8.03. The Labute approximate surface area is 156 Å². The van der Waals surface area contributed by atoms with E-state index in [4.69, 9.17) is 16.3 Å². The number of imide groups is 1. The first kappa shape index (κ1) is 21.4. The molecule has 3 N–H and O–H groups in total. The molecule has 0 radical (unpaired) electrons. The normalized spacial score (nSPS) is 12.5. The number of nitrogens with one attached hydrogen (secondary N) is 3. The highest BCUT2D eigenvalue weighted by Crippen LogP contribution is 2.20. The van der Waals surface area contributed by atoms with Gasteiger partial charge in [0.2, 0.25) is 5.91 Å². The number of urea groups is 1. The van der Waals surface area contributed by atoms with Crippen LogP contribution in [0.1, 0.15) is 38.8 Å². The largest absolute Gasteiger partial charge is 0.452 e. The monoisotopic (exact) mass is 383 g/mol. The van der Waals surface area contributed by atoms with Gasteiger partial charge in [0.1, 0.15) is 0 Å². The number of halogens is 1. The summed E-state index contributed by atoms with van der Waals surface area (Å²) in [6.07, 6.45) is -1.34. The topological polar surface area (TPSA) is 114 Å². The van der Waals surface area contributed by atoms with Gasteiger partial charge in [-0.05, 0) is 31.5 Å². The molecule has 2 atom stereocenters. The average molecular weight is 384 g/mol. The van der Waals surface area contributed by atoms with Gasteiger partial charge in [-0.15, -0.1) is 0 Å². The summed E-state index contributed by atoms with van der Waals surface area (Å²) in [4.78, 5) is 46.6. The van der Waals surface area contributed by atoms with Crippen LogP contribution in [-0.4, -0.2) is 36.5 Å². The molecule has 142 valence electrons. The highest BCUT2D eigenvalue weighted by Gasteiger charge is 2.23. The molecule has 1 rings (SSSR count). The number of hydrogen-bond acceptors (Lipinski definition) is 5. The second-order valence-electron chi connectivity index (χ2n) is 5.49. The Morgan fingerprint density at radius 2 is 1.77 bits per heavy atom. The van der Waals surface area contributed by atoms with Gasteiger partial charge in [0, 0.05) is 18.5 Å². The number of rotatable bonds is 7. The molecule has 26 heavy (non-hydrogen) atoms. The van der Waals surface area contributed by atoms with Gasteiger partial charge in [-0.25, -0.2) is 4.79 Å². The van der Waals surface area contributed by atoms with Crippen LogP contribution < -0.4 is 16.0 Å². The molecule has 0 saturated heterocycles. The van der Waals surface area contributed by atoms with Crippen molar-refractivity contribution in [2.24, 2.45) is 0 Å². The molecule has 0 heterocycles. The number of ether oxygens (including phenoxy) is 1. The summed E-state index contributed by atoms with van der Waals surface area (Å²) < 4.78 is 5.04. The molecule has 2 unspecified atom stereocenters. The predicted molar refractivity (Wildman–Crippen MR) is 95.4 cm³/mol. The summed E-state index contributed by atoms with van der Waals surface area (Å²) in [6.45, 7) is 4.73. The van der Waals surface area contributed by atoms with E-state index in [9.17, 15) is 19.2 Å². The molecule has 0 aliphatic carbocycles. The minimum absolute atomic E-state index is 0.181. The average Bonchev–Trinajstić information content (AvgIpc) is 2.54. The third kappa shape index (κ3) is 7.52.